The van der Waals surface area contributed by atoms with Crippen LogP contribution in [0, 0.1) is 5.92 Å². The van der Waals surface area contributed by atoms with Gasteiger partial charge < -0.3 is 5.32 Å². The van der Waals surface area contributed by atoms with Crippen molar-refractivity contribution in [3.63, 3.8) is 0 Å². The molecule has 0 radical (unpaired) electrons. The number of nitrogens with zero attached hydrogens (tertiary/aromatic N) is 2. The van der Waals surface area contributed by atoms with Crippen molar-refractivity contribution in [2.75, 3.05) is 11.9 Å². The molecule has 1 aromatic heterocycles. The number of hydrogen-bond donors (Lipinski definition) is 1. The van der Waals surface area contributed by atoms with Crippen molar-refractivity contribution in [3.05, 3.63) is 16.5 Å². The molecule has 1 aliphatic carbocycles. The van der Waals surface area contributed by atoms with Gasteiger partial charge in [-0.15, -0.1) is 0 Å². The van der Waals surface area contributed by atoms with E-state index in [-0.39, 0.29) is 0 Å². The third-order valence-electron chi connectivity index (χ3n) is 4.21. The molecule has 0 saturated heterocycles. The maximum atomic E-state index is 4.74. The number of halogens is 1. The summed E-state index contributed by atoms with van der Waals surface area (Å²) in [6.45, 7) is 5.41. The molecule has 112 valence electrons. The van der Waals surface area contributed by atoms with Gasteiger partial charge in [0.2, 0.25) is 0 Å². The molecule has 3 nitrogen and oxygen atoms in total. The monoisotopic (exact) mass is 339 g/mol. The quantitative estimate of drug-likeness (QED) is 0.780. The highest BCUT2D eigenvalue weighted by molar-refractivity contribution is 9.10. The second-order valence-electron chi connectivity index (χ2n) is 5.86. The largest absolute Gasteiger partial charge is 0.369 e. The summed E-state index contributed by atoms with van der Waals surface area (Å²) in [5.74, 6) is 3.47. The molecule has 20 heavy (non-hydrogen) atoms. The third kappa shape index (κ3) is 4.18. The lowest BCUT2D eigenvalue weighted by atomic mass is 9.80. The van der Waals surface area contributed by atoms with Gasteiger partial charge in [0, 0.05) is 18.7 Å². The molecule has 1 aromatic rings. The molecule has 0 bridgehead atoms. The van der Waals surface area contributed by atoms with Gasteiger partial charge in [0.15, 0.2) is 0 Å². The zero-order valence-electron chi connectivity index (χ0n) is 12.7. The van der Waals surface area contributed by atoms with E-state index < -0.39 is 0 Å². The van der Waals surface area contributed by atoms with Crippen molar-refractivity contribution < 1.29 is 0 Å². The van der Waals surface area contributed by atoms with Crippen LogP contribution in [-0.4, -0.2) is 16.5 Å². The third-order valence-corrected chi connectivity index (χ3v) is 4.79. The highest BCUT2D eigenvalue weighted by Gasteiger charge is 2.24. The molecule has 0 amide bonds. The Labute approximate surface area is 131 Å². The Balaban J connectivity index is 1.99. The van der Waals surface area contributed by atoms with Crippen LogP contribution in [0.2, 0.25) is 0 Å². The molecular weight excluding hydrogens is 314 g/mol. The Morgan fingerprint density at radius 1 is 1.20 bits per heavy atom. The van der Waals surface area contributed by atoms with Crippen molar-refractivity contribution in [1.29, 1.82) is 0 Å². The number of aromatic nitrogens is 2. The van der Waals surface area contributed by atoms with Crippen LogP contribution in [0.15, 0.2) is 10.7 Å². The van der Waals surface area contributed by atoms with E-state index in [2.05, 4.69) is 40.1 Å². The van der Waals surface area contributed by atoms with Crippen LogP contribution in [-0.2, 0) is 0 Å². The van der Waals surface area contributed by atoms with Crippen molar-refractivity contribution in [2.24, 2.45) is 5.92 Å². The Morgan fingerprint density at radius 3 is 2.60 bits per heavy atom. The summed E-state index contributed by atoms with van der Waals surface area (Å²) in [6, 6.07) is 0. The zero-order chi connectivity index (χ0) is 14.4. The lowest BCUT2D eigenvalue weighted by Crippen LogP contribution is -2.16. The van der Waals surface area contributed by atoms with E-state index in [0.717, 1.165) is 35.0 Å². The van der Waals surface area contributed by atoms with Crippen molar-refractivity contribution >= 4 is 21.7 Å². The molecule has 1 heterocycles. The minimum atomic E-state index is 0.554. The topological polar surface area (TPSA) is 37.8 Å². The van der Waals surface area contributed by atoms with E-state index in [1.165, 1.54) is 38.5 Å². The van der Waals surface area contributed by atoms with Crippen LogP contribution in [0.5, 0.6) is 0 Å². The fourth-order valence-electron chi connectivity index (χ4n) is 3.06. The Morgan fingerprint density at radius 2 is 1.95 bits per heavy atom. The molecule has 4 heteroatoms. The standard InChI is InChI=1S/C16H26BrN3/c1-3-5-12-6-8-13(9-7-12)15-19-11-14(17)16(20-15)18-10-4-2/h11-13H,3-10H2,1-2H3,(H,18,19,20). The maximum Gasteiger partial charge on any atom is 0.144 e. The molecular formula is C16H26BrN3. The van der Waals surface area contributed by atoms with E-state index in [4.69, 9.17) is 4.98 Å². The van der Waals surface area contributed by atoms with Gasteiger partial charge in [-0.1, -0.05) is 26.7 Å². The van der Waals surface area contributed by atoms with Gasteiger partial charge in [0.1, 0.15) is 11.6 Å². The van der Waals surface area contributed by atoms with E-state index >= 15 is 0 Å². The molecule has 0 unspecified atom stereocenters. The number of anilines is 1. The Bertz CT molecular complexity index is 414. The summed E-state index contributed by atoms with van der Waals surface area (Å²) in [7, 11) is 0. The van der Waals surface area contributed by atoms with Gasteiger partial charge in [0.05, 0.1) is 4.47 Å². The zero-order valence-corrected chi connectivity index (χ0v) is 14.2. The second kappa shape index (κ2) is 7.96. The number of hydrogen-bond acceptors (Lipinski definition) is 3. The van der Waals surface area contributed by atoms with Crippen LogP contribution in [0.3, 0.4) is 0 Å². The van der Waals surface area contributed by atoms with Crippen LogP contribution in [0.4, 0.5) is 5.82 Å². The number of rotatable bonds is 6. The minimum Gasteiger partial charge on any atom is -0.369 e. The number of nitrogens with one attached hydrogen (secondary N) is 1. The van der Waals surface area contributed by atoms with E-state index in [1.54, 1.807) is 0 Å². The van der Waals surface area contributed by atoms with Gasteiger partial charge in [0.25, 0.3) is 0 Å². The predicted octanol–water partition coefficient (Wildman–Crippen LogP) is 5.13. The van der Waals surface area contributed by atoms with Crippen LogP contribution >= 0.6 is 15.9 Å². The Hall–Kier alpha value is -0.640. The average molecular weight is 340 g/mol. The lowest BCUT2D eigenvalue weighted by Gasteiger charge is -2.27. The normalized spacial score (nSPS) is 22.8. The van der Waals surface area contributed by atoms with Crippen molar-refractivity contribution in [3.8, 4) is 0 Å². The molecule has 0 atom stereocenters. The summed E-state index contributed by atoms with van der Waals surface area (Å²) in [6.07, 6.45) is 10.9. The average Bonchev–Trinajstić information content (AvgIpc) is 2.48. The summed E-state index contributed by atoms with van der Waals surface area (Å²) in [5.41, 5.74) is 0. The summed E-state index contributed by atoms with van der Waals surface area (Å²) in [4.78, 5) is 9.28. The molecule has 1 saturated carbocycles. The van der Waals surface area contributed by atoms with Gasteiger partial charge in [-0.3, -0.25) is 0 Å². The van der Waals surface area contributed by atoms with Gasteiger partial charge in [-0.2, -0.15) is 0 Å². The molecule has 1 fully saturated rings. The smallest absolute Gasteiger partial charge is 0.144 e. The maximum absolute atomic E-state index is 4.74. The first-order valence-electron chi connectivity index (χ1n) is 8.00. The van der Waals surface area contributed by atoms with E-state index in [0.29, 0.717) is 5.92 Å². The van der Waals surface area contributed by atoms with Crippen molar-refractivity contribution in [1.82, 2.24) is 9.97 Å². The summed E-state index contributed by atoms with van der Waals surface area (Å²) >= 11 is 3.53. The van der Waals surface area contributed by atoms with Crippen LogP contribution < -0.4 is 5.32 Å². The van der Waals surface area contributed by atoms with Gasteiger partial charge >= 0.3 is 0 Å². The minimum absolute atomic E-state index is 0.554. The Kier molecular flexibility index (Phi) is 6.27. The van der Waals surface area contributed by atoms with E-state index in [1.807, 2.05) is 6.20 Å². The summed E-state index contributed by atoms with van der Waals surface area (Å²) in [5, 5.41) is 3.37. The molecule has 2 rings (SSSR count). The van der Waals surface area contributed by atoms with Gasteiger partial charge in [-0.25, -0.2) is 9.97 Å². The molecule has 1 aliphatic rings. The van der Waals surface area contributed by atoms with Crippen molar-refractivity contribution in [2.45, 2.75) is 64.7 Å². The lowest BCUT2D eigenvalue weighted by molar-refractivity contribution is 0.302. The first-order chi connectivity index (χ1) is 9.74. The first kappa shape index (κ1) is 15.7. The second-order valence-corrected chi connectivity index (χ2v) is 6.71. The molecule has 1 N–H and O–H groups in total. The van der Waals surface area contributed by atoms with Crippen LogP contribution in [0.25, 0.3) is 0 Å². The first-order valence-corrected chi connectivity index (χ1v) is 8.80. The SMILES string of the molecule is CCCNc1nc(C2CCC(CCC)CC2)ncc1Br. The van der Waals surface area contributed by atoms with Gasteiger partial charge in [-0.05, 0) is 54.0 Å². The van der Waals surface area contributed by atoms with Crippen LogP contribution in [0.1, 0.15) is 70.5 Å². The molecule has 0 aromatic carbocycles. The fraction of sp³-hybridized carbons (Fsp3) is 0.750. The molecule has 0 spiro atoms. The fourth-order valence-corrected chi connectivity index (χ4v) is 3.39. The van der Waals surface area contributed by atoms with E-state index in [9.17, 15) is 0 Å². The highest BCUT2D eigenvalue weighted by atomic mass is 79.9. The predicted molar refractivity (Wildman–Crippen MR) is 88.1 cm³/mol. The molecule has 0 aliphatic heterocycles. The highest BCUT2D eigenvalue weighted by Crippen LogP contribution is 2.36. The summed E-state index contributed by atoms with van der Waals surface area (Å²) < 4.78 is 0.967.